The van der Waals surface area contributed by atoms with Gasteiger partial charge < -0.3 is 0 Å². The summed E-state index contributed by atoms with van der Waals surface area (Å²) < 4.78 is 1.46. The Bertz CT molecular complexity index is 795. The second-order valence-electron chi connectivity index (χ2n) is 9.84. The van der Waals surface area contributed by atoms with Crippen LogP contribution in [-0.2, 0) is 0 Å². The number of benzene rings is 1. The molecule has 0 aliphatic heterocycles. The topological polar surface area (TPSA) is 47.8 Å². The lowest BCUT2D eigenvalue weighted by Crippen LogP contribution is -2.12. The number of hydrogen-bond donors (Lipinski definition) is 0. The summed E-state index contributed by atoms with van der Waals surface area (Å²) in [5.41, 5.74) is 1.60. The molecule has 0 spiro atoms. The fourth-order valence-corrected chi connectivity index (χ4v) is 4.57. The van der Waals surface area contributed by atoms with Gasteiger partial charge in [-0.05, 0) is 44.2 Å². The molecule has 34 heavy (non-hydrogen) atoms. The third kappa shape index (κ3) is 12.5. The van der Waals surface area contributed by atoms with Crippen molar-refractivity contribution >= 4 is 16.9 Å². The number of fused-ring (bicyclic) bond motifs is 1. The van der Waals surface area contributed by atoms with Gasteiger partial charge in [0.25, 0.3) is 0 Å². The molecule has 4 nitrogen and oxygen atoms in total. The molecule has 0 radical (unpaired) electrons. The number of carbonyl (C=O) groups is 1. The lowest BCUT2D eigenvalue weighted by atomic mass is 10.0. The second kappa shape index (κ2) is 19.3. The molecule has 0 fully saturated rings. The average Bonchev–Trinajstić information content (AvgIpc) is 3.29. The summed E-state index contributed by atoms with van der Waals surface area (Å²) in [5.74, 6) is 0.0574. The molecule has 0 saturated carbocycles. The molecule has 0 aliphatic rings. The standard InChI is InChI=1S/C30H49N3O/c1-2-3-4-5-6-7-8-9-10-11-12-13-14-15-16-17-18-19-20-21-22-27-30(34)33-29-26-24-23-25-28(29)31-32-33/h9-10,23-26H,2-8,11-22,27H2,1H3/b10-9+. The van der Waals surface area contributed by atoms with E-state index in [2.05, 4.69) is 29.4 Å². The number of aromatic nitrogens is 3. The normalized spacial score (nSPS) is 11.7. The van der Waals surface area contributed by atoms with Gasteiger partial charge in [0, 0.05) is 6.42 Å². The smallest absolute Gasteiger partial charge is 0.248 e. The molecule has 1 aromatic heterocycles. The van der Waals surface area contributed by atoms with Crippen molar-refractivity contribution in [3.8, 4) is 0 Å². The number of para-hydroxylation sites is 1. The fourth-order valence-electron chi connectivity index (χ4n) is 4.57. The maximum Gasteiger partial charge on any atom is 0.248 e. The van der Waals surface area contributed by atoms with Crippen molar-refractivity contribution in [1.29, 1.82) is 0 Å². The van der Waals surface area contributed by atoms with Crippen LogP contribution in [0.5, 0.6) is 0 Å². The lowest BCUT2D eigenvalue weighted by Gasteiger charge is -2.03. The first-order valence-electron chi connectivity index (χ1n) is 14.3. The molecule has 0 unspecified atom stereocenters. The first-order chi connectivity index (χ1) is 16.8. The van der Waals surface area contributed by atoms with Crippen LogP contribution in [0.4, 0.5) is 0 Å². The zero-order valence-electron chi connectivity index (χ0n) is 21.9. The minimum absolute atomic E-state index is 0.0574. The number of allylic oxidation sites excluding steroid dienone is 2. The van der Waals surface area contributed by atoms with Gasteiger partial charge in [0.05, 0.1) is 5.52 Å². The SMILES string of the molecule is CCCCCCCC/C=C/CCCCCCCCCCCCCC(=O)n1nnc2ccccc21. The van der Waals surface area contributed by atoms with E-state index in [-0.39, 0.29) is 5.91 Å². The molecule has 0 N–H and O–H groups in total. The van der Waals surface area contributed by atoms with Gasteiger partial charge in [0.2, 0.25) is 5.91 Å². The monoisotopic (exact) mass is 467 g/mol. The maximum absolute atomic E-state index is 12.4. The molecular weight excluding hydrogens is 418 g/mol. The predicted octanol–water partition coefficient (Wildman–Crippen LogP) is 9.45. The number of unbranched alkanes of at least 4 members (excludes halogenated alkanes) is 17. The van der Waals surface area contributed by atoms with E-state index in [0.717, 1.165) is 23.9 Å². The molecular formula is C30H49N3O. The van der Waals surface area contributed by atoms with Crippen molar-refractivity contribution in [2.75, 3.05) is 0 Å². The Kier molecular flexibility index (Phi) is 16.1. The summed E-state index contributed by atoms with van der Waals surface area (Å²) in [7, 11) is 0. The number of nitrogens with zero attached hydrogens (tertiary/aromatic N) is 3. The van der Waals surface area contributed by atoms with Crippen LogP contribution >= 0.6 is 0 Å². The Morgan fingerprint density at radius 3 is 1.79 bits per heavy atom. The van der Waals surface area contributed by atoms with Gasteiger partial charge in [-0.2, -0.15) is 4.68 Å². The van der Waals surface area contributed by atoms with Crippen molar-refractivity contribution in [2.24, 2.45) is 0 Å². The van der Waals surface area contributed by atoms with E-state index in [1.54, 1.807) is 0 Å². The van der Waals surface area contributed by atoms with E-state index in [9.17, 15) is 4.79 Å². The van der Waals surface area contributed by atoms with Gasteiger partial charge >= 0.3 is 0 Å². The first-order valence-corrected chi connectivity index (χ1v) is 14.3. The second-order valence-corrected chi connectivity index (χ2v) is 9.84. The van der Waals surface area contributed by atoms with Gasteiger partial charge in [-0.1, -0.05) is 126 Å². The van der Waals surface area contributed by atoms with E-state index in [0.29, 0.717) is 6.42 Å². The van der Waals surface area contributed by atoms with E-state index in [1.807, 2.05) is 24.3 Å². The van der Waals surface area contributed by atoms with Gasteiger partial charge in [-0.25, -0.2) is 0 Å². The van der Waals surface area contributed by atoms with Crippen LogP contribution in [0.25, 0.3) is 11.0 Å². The van der Waals surface area contributed by atoms with Crippen molar-refractivity contribution < 1.29 is 4.79 Å². The minimum Gasteiger partial charge on any atom is -0.273 e. The maximum atomic E-state index is 12.4. The minimum atomic E-state index is 0.0574. The Morgan fingerprint density at radius 2 is 1.21 bits per heavy atom. The van der Waals surface area contributed by atoms with Crippen molar-refractivity contribution in [3.63, 3.8) is 0 Å². The van der Waals surface area contributed by atoms with Crippen LogP contribution in [0.3, 0.4) is 0 Å². The molecule has 0 amide bonds. The summed E-state index contributed by atoms with van der Waals surface area (Å²) >= 11 is 0. The van der Waals surface area contributed by atoms with Crippen molar-refractivity contribution in [1.82, 2.24) is 15.0 Å². The van der Waals surface area contributed by atoms with Crippen molar-refractivity contribution in [2.45, 2.75) is 135 Å². The molecule has 0 aliphatic carbocycles. The molecule has 0 bridgehead atoms. The highest BCUT2D eigenvalue weighted by Gasteiger charge is 2.10. The molecule has 2 aromatic rings. The van der Waals surface area contributed by atoms with Gasteiger partial charge in [-0.15, -0.1) is 5.10 Å². The molecule has 1 heterocycles. The Balaban J connectivity index is 1.31. The van der Waals surface area contributed by atoms with E-state index >= 15 is 0 Å². The highest BCUT2D eigenvalue weighted by Crippen LogP contribution is 2.15. The summed E-state index contributed by atoms with van der Waals surface area (Å²) in [6, 6.07) is 7.64. The quantitative estimate of drug-likeness (QED) is 0.136. The Labute approximate surface area is 208 Å². The van der Waals surface area contributed by atoms with Crippen LogP contribution in [0, 0.1) is 0 Å². The summed E-state index contributed by atoms with van der Waals surface area (Å²) in [6.45, 7) is 2.28. The molecule has 0 saturated heterocycles. The van der Waals surface area contributed by atoms with Crippen molar-refractivity contribution in [3.05, 3.63) is 36.4 Å². The molecule has 0 atom stereocenters. The van der Waals surface area contributed by atoms with Crippen LogP contribution < -0.4 is 0 Å². The van der Waals surface area contributed by atoms with Crippen LogP contribution in [0.2, 0.25) is 0 Å². The van der Waals surface area contributed by atoms with Gasteiger partial charge in [0.15, 0.2) is 0 Å². The molecule has 4 heteroatoms. The third-order valence-electron chi connectivity index (χ3n) is 6.74. The number of hydrogen-bond acceptors (Lipinski definition) is 3. The summed E-state index contributed by atoms with van der Waals surface area (Å²) in [4.78, 5) is 12.4. The first kappa shape index (κ1) is 28.3. The van der Waals surface area contributed by atoms with Gasteiger partial charge in [-0.3, -0.25) is 4.79 Å². The van der Waals surface area contributed by atoms with Crippen LogP contribution in [0.15, 0.2) is 36.4 Å². The third-order valence-corrected chi connectivity index (χ3v) is 6.74. The van der Waals surface area contributed by atoms with Crippen LogP contribution in [-0.4, -0.2) is 20.9 Å². The summed E-state index contributed by atoms with van der Waals surface area (Å²) in [5, 5.41) is 8.08. The van der Waals surface area contributed by atoms with Crippen LogP contribution in [0.1, 0.15) is 140 Å². The highest BCUT2D eigenvalue weighted by molar-refractivity contribution is 5.88. The van der Waals surface area contributed by atoms with E-state index < -0.39 is 0 Å². The lowest BCUT2D eigenvalue weighted by molar-refractivity contribution is 0.0886. The number of rotatable bonds is 21. The fraction of sp³-hybridized carbons (Fsp3) is 0.700. The van der Waals surface area contributed by atoms with Gasteiger partial charge in [0.1, 0.15) is 5.52 Å². The molecule has 2 rings (SSSR count). The average molecular weight is 468 g/mol. The molecule has 1 aromatic carbocycles. The Hall–Kier alpha value is -1.97. The highest BCUT2D eigenvalue weighted by atomic mass is 16.2. The largest absolute Gasteiger partial charge is 0.273 e. The van der Waals surface area contributed by atoms with E-state index in [1.165, 1.54) is 114 Å². The Morgan fingerprint density at radius 1 is 0.706 bits per heavy atom. The molecule has 190 valence electrons. The van der Waals surface area contributed by atoms with E-state index in [4.69, 9.17) is 0 Å². The summed E-state index contributed by atoms with van der Waals surface area (Å²) in [6.07, 6.45) is 30.5. The number of carbonyl (C=O) groups excluding carboxylic acids is 1. The predicted molar refractivity (Wildman–Crippen MR) is 145 cm³/mol. The zero-order chi connectivity index (χ0) is 24.1. The zero-order valence-corrected chi connectivity index (χ0v) is 21.9.